The van der Waals surface area contributed by atoms with Crippen LogP contribution >= 0.6 is 11.6 Å². The Morgan fingerprint density at radius 2 is 2.03 bits per heavy atom. The van der Waals surface area contributed by atoms with Crippen molar-refractivity contribution in [2.45, 2.75) is 26.3 Å². The Kier molecular flexibility index (Phi) is 5.95. The Morgan fingerprint density at radius 1 is 1.31 bits per heavy atom. The molecule has 3 aromatic rings. The molecule has 29 heavy (non-hydrogen) atoms. The zero-order valence-corrected chi connectivity index (χ0v) is 16.5. The van der Waals surface area contributed by atoms with Crippen molar-refractivity contribution in [2.75, 3.05) is 6.61 Å². The van der Waals surface area contributed by atoms with Crippen molar-refractivity contribution < 1.29 is 19.4 Å². The molecule has 0 aliphatic carbocycles. The van der Waals surface area contributed by atoms with Gasteiger partial charge in [0, 0.05) is 12.6 Å². The molecule has 2 N–H and O–H groups in total. The highest BCUT2D eigenvalue weighted by Crippen LogP contribution is 2.23. The maximum absolute atomic E-state index is 14.2. The van der Waals surface area contributed by atoms with Gasteiger partial charge in [-0.25, -0.2) is 9.18 Å². The van der Waals surface area contributed by atoms with E-state index in [9.17, 15) is 24.2 Å². The molecule has 1 aromatic carbocycles. The smallest absolute Gasteiger partial charge is 0.341 e. The van der Waals surface area contributed by atoms with E-state index >= 15 is 0 Å². The zero-order valence-electron chi connectivity index (χ0n) is 15.8. The van der Waals surface area contributed by atoms with Gasteiger partial charge in [0.1, 0.15) is 11.4 Å². The van der Waals surface area contributed by atoms with Gasteiger partial charge in [-0.05, 0) is 23.6 Å². The third-order valence-electron chi connectivity index (χ3n) is 4.77. The van der Waals surface area contributed by atoms with Gasteiger partial charge in [-0.15, -0.1) is 5.10 Å². The number of aromatic carboxylic acids is 1. The maximum Gasteiger partial charge on any atom is 0.341 e. The predicted octanol–water partition coefficient (Wildman–Crippen LogP) is 3.06. The fraction of sp³-hybridized carbons (Fsp3) is 0.300. The lowest BCUT2D eigenvalue weighted by Gasteiger charge is -2.23. The maximum atomic E-state index is 14.2. The van der Waals surface area contributed by atoms with Gasteiger partial charge in [-0.2, -0.15) is 5.10 Å². The Balaban J connectivity index is 2.21. The van der Waals surface area contributed by atoms with E-state index < -0.39 is 28.8 Å². The first-order chi connectivity index (χ1) is 13.7. The van der Waals surface area contributed by atoms with Gasteiger partial charge < -0.3 is 14.8 Å². The van der Waals surface area contributed by atoms with Crippen LogP contribution in [0.2, 0.25) is 5.02 Å². The number of rotatable bonds is 6. The lowest BCUT2D eigenvalue weighted by molar-refractivity contribution is 0.0694. The highest BCUT2D eigenvalue weighted by molar-refractivity contribution is 6.30. The number of aliphatic hydroxyl groups is 1. The van der Waals surface area contributed by atoms with Crippen molar-refractivity contribution in [1.29, 1.82) is 0 Å². The highest BCUT2D eigenvalue weighted by Gasteiger charge is 2.22. The average molecular weight is 420 g/mol. The summed E-state index contributed by atoms with van der Waals surface area (Å²) in [5.41, 5.74) is -0.439. The summed E-state index contributed by atoms with van der Waals surface area (Å²) in [6.45, 7) is 3.44. The van der Waals surface area contributed by atoms with E-state index in [1.165, 1.54) is 22.9 Å². The normalized spacial score (nSPS) is 12.5. The second-order valence-electron chi connectivity index (χ2n) is 7.04. The van der Waals surface area contributed by atoms with Crippen molar-refractivity contribution in [3.05, 3.63) is 68.3 Å². The van der Waals surface area contributed by atoms with Crippen LogP contribution in [0.3, 0.4) is 0 Å². The standard InChI is InChI=1S/C20H19ClFN3O4/c1-10(2)16(9-26)25-8-14(20(28)29)18(27)13-7-12(23-24-19(13)25)6-11-4-3-5-15(21)17(11)22/h3-5,7-8,10,16,26H,6,9H2,1-2H3,(H,28,29)/t16-/m1/s1. The van der Waals surface area contributed by atoms with E-state index in [1.54, 1.807) is 12.1 Å². The van der Waals surface area contributed by atoms with Gasteiger partial charge in [-0.1, -0.05) is 37.6 Å². The molecular formula is C20H19ClFN3O4. The summed E-state index contributed by atoms with van der Waals surface area (Å²) in [5.74, 6) is -2.03. The summed E-state index contributed by atoms with van der Waals surface area (Å²) < 4.78 is 15.7. The molecule has 3 rings (SSSR count). The minimum Gasteiger partial charge on any atom is -0.477 e. The van der Waals surface area contributed by atoms with E-state index in [0.29, 0.717) is 0 Å². The number of fused-ring (bicyclic) bond motifs is 1. The second-order valence-corrected chi connectivity index (χ2v) is 7.45. The van der Waals surface area contributed by atoms with E-state index in [4.69, 9.17) is 11.6 Å². The summed E-state index contributed by atoms with van der Waals surface area (Å²) in [5, 5.41) is 27.4. The molecule has 152 valence electrons. The largest absolute Gasteiger partial charge is 0.477 e. The number of pyridine rings is 1. The summed E-state index contributed by atoms with van der Waals surface area (Å²) in [7, 11) is 0. The van der Waals surface area contributed by atoms with Gasteiger partial charge in [0.2, 0.25) is 5.43 Å². The van der Waals surface area contributed by atoms with E-state index in [2.05, 4.69) is 10.2 Å². The highest BCUT2D eigenvalue weighted by atomic mass is 35.5. The van der Waals surface area contributed by atoms with Crippen LogP contribution in [0.1, 0.15) is 41.5 Å². The number of carboxylic acids is 1. The van der Waals surface area contributed by atoms with Crippen molar-refractivity contribution in [3.63, 3.8) is 0 Å². The van der Waals surface area contributed by atoms with Crippen LogP contribution in [-0.4, -0.2) is 37.6 Å². The van der Waals surface area contributed by atoms with Gasteiger partial charge in [0.15, 0.2) is 5.65 Å². The molecule has 0 amide bonds. The SMILES string of the molecule is CC(C)[C@@H](CO)n1cc(C(=O)O)c(=O)c2cc(Cc3cccc(Cl)c3F)nnc21. The molecular weight excluding hydrogens is 401 g/mol. The first-order valence-electron chi connectivity index (χ1n) is 8.93. The molecule has 0 aliphatic rings. The third-order valence-corrected chi connectivity index (χ3v) is 5.07. The number of hydrogen-bond acceptors (Lipinski definition) is 5. The third kappa shape index (κ3) is 3.99. The zero-order chi connectivity index (χ0) is 21.3. The van der Waals surface area contributed by atoms with Crippen molar-refractivity contribution in [2.24, 2.45) is 5.92 Å². The number of benzene rings is 1. The summed E-state index contributed by atoms with van der Waals surface area (Å²) in [6.07, 6.45) is 1.21. The van der Waals surface area contributed by atoms with E-state index in [0.717, 1.165) is 0 Å². The minimum atomic E-state index is -1.38. The van der Waals surface area contributed by atoms with Crippen LogP contribution in [-0.2, 0) is 6.42 Å². The molecule has 0 bridgehead atoms. The van der Waals surface area contributed by atoms with Crippen molar-refractivity contribution in [1.82, 2.24) is 14.8 Å². The predicted molar refractivity (Wildman–Crippen MR) is 106 cm³/mol. The molecule has 1 atom stereocenters. The average Bonchev–Trinajstić information content (AvgIpc) is 2.67. The number of halogens is 2. The Labute approximate surface area is 170 Å². The topological polar surface area (TPSA) is 105 Å². The van der Waals surface area contributed by atoms with Gasteiger partial charge in [0.25, 0.3) is 0 Å². The molecule has 2 aromatic heterocycles. The number of aliphatic hydroxyl groups excluding tert-OH is 1. The van der Waals surface area contributed by atoms with Crippen LogP contribution < -0.4 is 5.43 Å². The molecule has 0 saturated carbocycles. The number of carbonyl (C=O) groups is 1. The number of hydrogen-bond donors (Lipinski definition) is 2. The van der Waals surface area contributed by atoms with Crippen LogP contribution in [0.5, 0.6) is 0 Å². The molecule has 0 radical (unpaired) electrons. The lowest BCUT2D eigenvalue weighted by atomic mass is 10.0. The molecule has 0 unspecified atom stereocenters. The van der Waals surface area contributed by atoms with Crippen molar-refractivity contribution >= 4 is 28.6 Å². The first-order valence-corrected chi connectivity index (χ1v) is 9.30. The molecule has 9 heteroatoms. The van der Waals surface area contributed by atoms with Gasteiger partial charge in [-0.3, -0.25) is 4.79 Å². The first kappa shape index (κ1) is 20.9. The van der Waals surface area contributed by atoms with Crippen LogP contribution in [0.25, 0.3) is 11.0 Å². The molecule has 0 saturated heterocycles. The Hall–Kier alpha value is -2.84. The van der Waals surface area contributed by atoms with Crippen LogP contribution in [0.15, 0.2) is 35.3 Å². The van der Waals surface area contributed by atoms with Gasteiger partial charge in [0.05, 0.1) is 28.8 Å². The lowest BCUT2D eigenvalue weighted by Crippen LogP contribution is -2.26. The number of aromatic nitrogens is 3. The van der Waals surface area contributed by atoms with Gasteiger partial charge >= 0.3 is 5.97 Å². The summed E-state index contributed by atoms with van der Waals surface area (Å²) >= 11 is 5.80. The second kappa shape index (κ2) is 8.26. The van der Waals surface area contributed by atoms with E-state index in [1.807, 2.05) is 13.8 Å². The van der Waals surface area contributed by atoms with Crippen LogP contribution in [0, 0.1) is 11.7 Å². The molecule has 0 fully saturated rings. The van der Waals surface area contributed by atoms with E-state index in [-0.39, 0.29) is 46.3 Å². The van der Waals surface area contributed by atoms with Crippen LogP contribution in [0.4, 0.5) is 4.39 Å². The minimum absolute atomic E-state index is 0.0275. The number of nitrogens with zero attached hydrogens (tertiary/aromatic N) is 3. The fourth-order valence-electron chi connectivity index (χ4n) is 3.18. The molecule has 2 heterocycles. The fourth-order valence-corrected chi connectivity index (χ4v) is 3.37. The Bertz CT molecular complexity index is 1150. The molecule has 0 aliphatic heterocycles. The number of carboxylic acid groups (broad SMARTS) is 1. The summed E-state index contributed by atoms with van der Waals surface area (Å²) in [4.78, 5) is 24.3. The monoisotopic (exact) mass is 419 g/mol. The summed E-state index contributed by atoms with van der Waals surface area (Å²) in [6, 6.07) is 5.47. The van der Waals surface area contributed by atoms with Crippen molar-refractivity contribution in [3.8, 4) is 0 Å². The quantitative estimate of drug-likeness (QED) is 0.636. The Morgan fingerprint density at radius 3 is 2.66 bits per heavy atom. The molecule has 7 nitrogen and oxygen atoms in total. The molecule has 0 spiro atoms.